The van der Waals surface area contributed by atoms with Crippen LogP contribution in [0.1, 0.15) is 27.7 Å². The highest BCUT2D eigenvalue weighted by Crippen LogP contribution is 2.43. The van der Waals surface area contributed by atoms with E-state index in [1.165, 1.54) is 0 Å². The van der Waals surface area contributed by atoms with Crippen LogP contribution in [-0.4, -0.2) is 52.7 Å². The van der Waals surface area contributed by atoms with E-state index in [0.29, 0.717) is 5.92 Å². The first-order valence-electron chi connectivity index (χ1n) is 7.87. The number of anilines is 1. The molecule has 1 aromatic heterocycles. The van der Waals surface area contributed by atoms with Crippen LogP contribution in [0.15, 0.2) is 17.0 Å². The highest BCUT2D eigenvalue weighted by atomic mass is 79.9. The number of amides is 1. The monoisotopic (exact) mass is 382 g/mol. The molecular formula is C16H23BrN4O2. The highest BCUT2D eigenvalue weighted by Gasteiger charge is 2.51. The summed E-state index contributed by atoms with van der Waals surface area (Å²) in [4.78, 5) is 25.1. The van der Waals surface area contributed by atoms with Gasteiger partial charge in [-0.15, -0.1) is 0 Å². The van der Waals surface area contributed by atoms with Crippen molar-refractivity contribution in [3.05, 3.63) is 17.0 Å². The number of carbonyl (C=O) groups is 1. The van der Waals surface area contributed by atoms with Gasteiger partial charge in [0.05, 0.1) is 12.4 Å². The average Bonchev–Trinajstić information content (AvgIpc) is 2.89. The van der Waals surface area contributed by atoms with E-state index in [1.807, 2.05) is 25.7 Å². The van der Waals surface area contributed by atoms with Gasteiger partial charge in [0.15, 0.2) is 0 Å². The molecule has 0 N–H and O–H groups in total. The standard InChI is InChI=1S/C16H23BrN4O2/c1-15(2,3)23-14(22)21-8-11-7-20(9-16(11,4)10-21)13-6-18-12(17)5-19-13/h5-6,11H,7-10H2,1-4H3/t11-,16+/m0/s1. The predicted octanol–water partition coefficient (Wildman–Crippen LogP) is 2.93. The minimum Gasteiger partial charge on any atom is -0.444 e. The van der Waals surface area contributed by atoms with Crippen molar-refractivity contribution in [3.8, 4) is 0 Å². The van der Waals surface area contributed by atoms with Crippen molar-refractivity contribution in [1.29, 1.82) is 0 Å². The zero-order valence-electron chi connectivity index (χ0n) is 14.0. The molecule has 2 fully saturated rings. The van der Waals surface area contributed by atoms with E-state index in [9.17, 15) is 4.79 Å². The molecule has 126 valence electrons. The summed E-state index contributed by atoms with van der Waals surface area (Å²) >= 11 is 3.31. The molecule has 1 amide bonds. The van der Waals surface area contributed by atoms with E-state index in [1.54, 1.807) is 12.4 Å². The third kappa shape index (κ3) is 3.44. The molecule has 23 heavy (non-hydrogen) atoms. The van der Waals surface area contributed by atoms with E-state index in [2.05, 4.69) is 37.7 Å². The number of hydrogen-bond acceptors (Lipinski definition) is 5. The highest BCUT2D eigenvalue weighted by molar-refractivity contribution is 9.10. The van der Waals surface area contributed by atoms with E-state index in [-0.39, 0.29) is 11.5 Å². The summed E-state index contributed by atoms with van der Waals surface area (Å²) < 4.78 is 6.24. The molecule has 3 heterocycles. The Morgan fingerprint density at radius 3 is 2.61 bits per heavy atom. The van der Waals surface area contributed by atoms with Gasteiger partial charge in [-0.05, 0) is 36.7 Å². The van der Waals surface area contributed by atoms with Gasteiger partial charge in [-0.1, -0.05) is 6.92 Å². The molecule has 7 heteroatoms. The lowest BCUT2D eigenvalue weighted by atomic mass is 9.83. The Hall–Kier alpha value is -1.37. The molecule has 0 aromatic carbocycles. The number of likely N-dealkylation sites (tertiary alicyclic amines) is 1. The van der Waals surface area contributed by atoms with Crippen LogP contribution >= 0.6 is 15.9 Å². The van der Waals surface area contributed by atoms with Crippen LogP contribution in [0.4, 0.5) is 10.6 Å². The van der Waals surface area contributed by atoms with Crippen molar-refractivity contribution in [2.24, 2.45) is 11.3 Å². The maximum Gasteiger partial charge on any atom is 0.410 e. The van der Waals surface area contributed by atoms with Crippen LogP contribution in [0.25, 0.3) is 0 Å². The van der Waals surface area contributed by atoms with Crippen molar-refractivity contribution >= 4 is 27.8 Å². The lowest BCUT2D eigenvalue weighted by Gasteiger charge is -2.28. The van der Waals surface area contributed by atoms with Crippen molar-refractivity contribution in [1.82, 2.24) is 14.9 Å². The topological polar surface area (TPSA) is 58.6 Å². The van der Waals surface area contributed by atoms with Gasteiger partial charge >= 0.3 is 6.09 Å². The van der Waals surface area contributed by atoms with Gasteiger partial charge in [0.2, 0.25) is 0 Å². The summed E-state index contributed by atoms with van der Waals surface area (Å²) in [6.07, 6.45) is 3.31. The van der Waals surface area contributed by atoms with Crippen molar-refractivity contribution in [2.75, 3.05) is 31.1 Å². The number of rotatable bonds is 1. The number of fused-ring (bicyclic) bond motifs is 1. The first-order chi connectivity index (χ1) is 10.7. The van der Waals surface area contributed by atoms with Crippen LogP contribution in [0.5, 0.6) is 0 Å². The summed E-state index contributed by atoms with van der Waals surface area (Å²) in [7, 11) is 0. The van der Waals surface area contributed by atoms with Gasteiger partial charge in [0, 0.05) is 37.5 Å². The molecule has 0 aliphatic carbocycles. The first kappa shape index (κ1) is 16.5. The summed E-state index contributed by atoms with van der Waals surface area (Å²) in [6.45, 7) is 11.2. The lowest BCUT2D eigenvalue weighted by Crippen LogP contribution is -2.39. The molecule has 2 aliphatic heterocycles. The molecule has 2 aliphatic rings. The van der Waals surface area contributed by atoms with E-state index in [0.717, 1.165) is 36.6 Å². The van der Waals surface area contributed by atoms with Gasteiger partial charge in [0.25, 0.3) is 0 Å². The zero-order chi connectivity index (χ0) is 16.8. The molecule has 1 aromatic rings. The van der Waals surface area contributed by atoms with Crippen LogP contribution < -0.4 is 4.90 Å². The molecule has 2 saturated heterocycles. The average molecular weight is 383 g/mol. The van der Waals surface area contributed by atoms with Crippen molar-refractivity contribution in [3.63, 3.8) is 0 Å². The van der Waals surface area contributed by atoms with Gasteiger partial charge in [-0.2, -0.15) is 0 Å². The molecule has 2 atom stereocenters. The third-order valence-corrected chi connectivity index (χ3v) is 4.96. The van der Waals surface area contributed by atoms with E-state index >= 15 is 0 Å². The van der Waals surface area contributed by atoms with Gasteiger partial charge < -0.3 is 14.5 Å². The van der Waals surface area contributed by atoms with Crippen LogP contribution in [0.3, 0.4) is 0 Å². The molecule has 0 spiro atoms. The Morgan fingerprint density at radius 1 is 1.30 bits per heavy atom. The van der Waals surface area contributed by atoms with E-state index in [4.69, 9.17) is 4.74 Å². The second kappa shape index (κ2) is 5.61. The minimum atomic E-state index is -0.450. The molecule has 6 nitrogen and oxygen atoms in total. The Morgan fingerprint density at radius 2 is 2.04 bits per heavy atom. The number of ether oxygens (including phenoxy) is 1. The maximum absolute atomic E-state index is 12.3. The van der Waals surface area contributed by atoms with Crippen molar-refractivity contribution in [2.45, 2.75) is 33.3 Å². The molecule has 0 radical (unpaired) electrons. The second-order valence-corrected chi connectivity index (χ2v) is 8.60. The Balaban J connectivity index is 1.66. The minimum absolute atomic E-state index is 0.0751. The molecule has 0 unspecified atom stereocenters. The normalized spacial score (nSPS) is 27.3. The number of carbonyl (C=O) groups excluding carboxylic acids is 1. The number of hydrogen-bond donors (Lipinski definition) is 0. The van der Waals surface area contributed by atoms with Crippen LogP contribution in [-0.2, 0) is 4.74 Å². The van der Waals surface area contributed by atoms with Gasteiger partial charge in [0.1, 0.15) is 16.0 Å². The predicted molar refractivity (Wildman–Crippen MR) is 91.3 cm³/mol. The third-order valence-electron chi connectivity index (χ3n) is 4.55. The summed E-state index contributed by atoms with van der Waals surface area (Å²) in [6, 6.07) is 0. The summed E-state index contributed by atoms with van der Waals surface area (Å²) in [5.41, 5.74) is -0.375. The molecule has 0 bridgehead atoms. The lowest BCUT2D eigenvalue weighted by molar-refractivity contribution is 0.0273. The quantitative estimate of drug-likeness (QED) is 0.747. The van der Waals surface area contributed by atoms with Crippen LogP contribution in [0, 0.1) is 11.3 Å². The number of nitrogens with zero attached hydrogens (tertiary/aromatic N) is 4. The SMILES string of the molecule is CC(C)(C)OC(=O)N1C[C@@H]2CN(c3cnc(Br)cn3)C[C@]2(C)C1. The summed E-state index contributed by atoms with van der Waals surface area (Å²) in [5.74, 6) is 1.33. The second-order valence-electron chi connectivity index (χ2n) is 7.79. The molecule has 0 saturated carbocycles. The fraction of sp³-hybridized carbons (Fsp3) is 0.688. The largest absolute Gasteiger partial charge is 0.444 e. The maximum atomic E-state index is 12.3. The number of halogens is 1. The van der Waals surface area contributed by atoms with E-state index < -0.39 is 5.60 Å². The Kier molecular flexibility index (Phi) is 4.02. The fourth-order valence-corrected chi connectivity index (χ4v) is 3.65. The van der Waals surface area contributed by atoms with Crippen LogP contribution in [0.2, 0.25) is 0 Å². The Bertz CT molecular complexity index is 601. The first-order valence-corrected chi connectivity index (χ1v) is 8.66. The van der Waals surface area contributed by atoms with Crippen molar-refractivity contribution < 1.29 is 9.53 Å². The van der Waals surface area contributed by atoms with Gasteiger partial charge in [-0.3, -0.25) is 0 Å². The molecular weight excluding hydrogens is 360 g/mol. The molecule has 3 rings (SSSR count). The smallest absolute Gasteiger partial charge is 0.410 e. The Labute approximate surface area is 145 Å². The van der Waals surface area contributed by atoms with Gasteiger partial charge in [-0.25, -0.2) is 14.8 Å². The fourth-order valence-electron chi connectivity index (χ4n) is 3.45. The number of aromatic nitrogens is 2. The summed E-state index contributed by atoms with van der Waals surface area (Å²) in [5, 5.41) is 0. The zero-order valence-corrected chi connectivity index (χ0v) is 15.6.